The van der Waals surface area contributed by atoms with Crippen molar-refractivity contribution in [2.45, 2.75) is 38.5 Å². The minimum atomic E-state index is 0.797. The SMILES string of the molecule is CCC(C)Cc1cccc(SC)c1C. The molecule has 0 fully saturated rings. The predicted octanol–water partition coefficient (Wildman–Crippen LogP) is 4.31. The number of rotatable bonds is 4. The largest absolute Gasteiger partial charge is 0.129 e. The minimum Gasteiger partial charge on any atom is -0.129 e. The molecule has 0 nitrogen and oxygen atoms in total. The number of hydrogen-bond acceptors (Lipinski definition) is 1. The van der Waals surface area contributed by atoms with E-state index in [0.29, 0.717) is 0 Å². The van der Waals surface area contributed by atoms with Crippen molar-refractivity contribution in [3.8, 4) is 0 Å². The highest BCUT2D eigenvalue weighted by atomic mass is 32.2. The van der Waals surface area contributed by atoms with Crippen LogP contribution in [-0.4, -0.2) is 6.26 Å². The van der Waals surface area contributed by atoms with Gasteiger partial charge < -0.3 is 0 Å². The fourth-order valence-electron chi connectivity index (χ4n) is 1.62. The van der Waals surface area contributed by atoms with Gasteiger partial charge in [-0.25, -0.2) is 0 Å². The Balaban J connectivity index is 2.86. The van der Waals surface area contributed by atoms with Crippen molar-refractivity contribution in [3.63, 3.8) is 0 Å². The number of thioether (sulfide) groups is 1. The number of hydrogen-bond donors (Lipinski definition) is 0. The summed E-state index contributed by atoms with van der Waals surface area (Å²) in [5.74, 6) is 0.797. The zero-order valence-corrected chi connectivity index (χ0v) is 10.4. The lowest BCUT2D eigenvalue weighted by Gasteiger charge is -2.13. The maximum atomic E-state index is 2.32. The molecular formula is C13H20S. The van der Waals surface area contributed by atoms with Gasteiger partial charge in [0.2, 0.25) is 0 Å². The molecule has 0 saturated carbocycles. The summed E-state index contributed by atoms with van der Waals surface area (Å²) in [5.41, 5.74) is 2.99. The highest BCUT2D eigenvalue weighted by molar-refractivity contribution is 7.98. The van der Waals surface area contributed by atoms with Crippen molar-refractivity contribution < 1.29 is 0 Å². The molecule has 0 aliphatic heterocycles. The lowest BCUT2D eigenvalue weighted by Crippen LogP contribution is -2.00. The maximum absolute atomic E-state index is 2.32. The lowest BCUT2D eigenvalue weighted by molar-refractivity contribution is 0.558. The fraction of sp³-hybridized carbons (Fsp3) is 0.538. The van der Waals surface area contributed by atoms with Crippen LogP contribution >= 0.6 is 11.8 Å². The van der Waals surface area contributed by atoms with E-state index in [1.54, 1.807) is 0 Å². The lowest BCUT2D eigenvalue weighted by atomic mass is 9.96. The molecule has 0 spiro atoms. The molecule has 1 rings (SSSR count). The van der Waals surface area contributed by atoms with Crippen LogP contribution in [0, 0.1) is 12.8 Å². The standard InChI is InChI=1S/C13H20S/c1-5-10(2)9-12-7-6-8-13(14-4)11(12)3/h6-8,10H,5,9H2,1-4H3. The zero-order valence-electron chi connectivity index (χ0n) is 9.63. The molecule has 0 heterocycles. The highest BCUT2D eigenvalue weighted by Crippen LogP contribution is 2.24. The Labute approximate surface area is 92.1 Å². The van der Waals surface area contributed by atoms with Gasteiger partial charge >= 0.3 is 0 Å². The molecule has 0 N–H and O–H groups in total. The third kappa shape index (κ3) is 2.78. The van der Waals surface area contributed by atoms with E-state index in [1.165, 1.54) is 28.9 Å². The molecule has 1 unspecified atom stereocenters. The Morgan fingerprint density at radius 1 is 1.36 bits per heavy atom. The van der Waals surface area contributed by atoms with E-state index in [1.807, 2.05) is 11.8 Å². The van der Waals surface area contributed by atoms with Crippen LogP contribution in [0.25, 0.3) is 0 Å². The van der Waals surface area contributed by atoms with Crippen molar-refractivity contribution >= 4 is 11.8 Å². The van der Waals surface area contributed by atoms with Crippen molar-refractivity contribution in [1.29, 1.82) is 0 Å². The van der Waals surface area contributed by atoms with Crippen molar-refractivity contribution in [2.75, 3.05) is 6.26 Å². The van der Waals surface area contributed by atoms with Crippen LogP contribution in [-0.2, 0) is 6.42 Å². The molecule has 1 aromatic rings. The van der Waals surface area contributed by atoms with Gasteiger partial charge in [-0.05, 0) is 42.7 Å². The Morgan fingerprint density at radius 2 is 2.07 bits per heavy atom. The molecule has 0 radical (unpaired) electrons. The summed E-state index contributed by atoms with van der Waals surface area (Å²) >= 11 is 1.84. The second-order valence-corrected chi connectivity index (χ2v) is 4.81. The third-order valence-corrected chi connectivity index (χ3v) is 3.76. The van der Waals surface area contributed by atoms with Gasteiger partial charge in [-0.2, -0.15) is 0 Å². The summed E-state index contributed by atoms with van der Waals surface area (Å²) in [7, 11) is 0. The minimum absolute atomic E-state index is 0.797. The van der Waals surface area contributed by atoms with Gasteiger partial charge in [0.25, 0.3) is 0 Å². The molecule has 1 heteroatoms. The molecular weight excluding hydrogens is 188 g/mol. The van der Waals surface area contributed by atoms with E-state index in [9.17, 15) is 0 Å². The van der Waals surface area contributed by atoms with Gasteiger partial charge in [-0.15, -0.1) is 11.8 Å². The predicted molar refractivity (Wildman–Crippen MR) is 66.1 cm³/mol. The summed E-state index contributed by atoms with van der Waals surface area (Å²) in [4.78, 5) is 1.42. The van der Waals surface area contributed by atoms with Crippen LogP contribution < -0.4 is 0 Å². The third-order valence-electron chi connectivity index (χ3n) is 2.88. The van der Waals surface area contributed by atoms with Crippen LogP contribution in [0.3, 0.4) is 0 Å². The average Bonchev–Trinajstić information content (AvgIpc) is 2.21. The first-order valence-corrected chi connectivity index (χ1v) is 6.54. The molecule has 0 aliphatic carbocycles. The van der Waals surface area contributed by atoms with Gasteiger partial charge in [0.05, 0.1) is 0 Å². The zero-order chi connectivity index (χ0) is 10.6. The highest BCUT2D eigenvalue weighted by Gasteiger charge is 2.06. The fourth-order valence-corrected chi connectivity index (χ4v) is 2.27. The molecule has 78 valence electrons. The molecule has 0 saturated heterocycles. The number of benzene rings is 1. The summed E-state index contributed by atoms with van der Waals surface area (Å²) < 4.78 is 0. The maximum Gasteiger partial charge on any atom is 0.0101 e. The summed E-state index contributed by atoms with van der Waals surface area (Å²) in [6.45, 7) is 6.83. The molecule has 0 aliphatic rings. The van der Waals surface area contributed by atoms with E-state index < -0.39 is 0 Å². The van der Waals surface area contributed by atoms with E-state index in [0.717, 1.165) is 5.92 Å². The van der Waals surface area contributed by atoms with Crippen molar-refractivity contribution in [2.24, 2.45) is 5.92 Å². The van der Waals surface area contributed by atoms with E-state index in [-0.39, 0.29) is 0 Å². The first kappa shape index (κ1) is 11.6. The van der Waals surface area contributed by atoms with Crippen LogP contribution in [0.15, 0.2) is 23.1 Å². The van der Waals surface area contributed by atoms with Crippen LogP contribution in [0.4, 0.5) is 0 Å². The molecule has 1 atom stereocenters. The summed E-state index contributed by atoms with van der Waals surface area (Å²) in [5, 5.41) is 0. The first-order valence-electron chi connectivity index (χ1n) is 5.31. The van der Waals surface area contributed by atoms with Gasteiger partial charge in [-0.1, -0.05) is 32.4 Å². The van der Waals surface area contributed by atoms with Gasteiger partial charge in [-0.3, -0.25) is 0 Å². The molecule has 14 heavy (non-hydrogen) atoms. The van der Waals surface area contributed by atoms with Gasteiger partial charge in [0, 0.05) is 4.90 Å². The Kier molecular flexibility index (Phi) is 4.53. The molecule has 0 bridgehead atoms. The second-order valence-electron chi connectivity index (χ2n) is 3.96. The van der Waals surface area contributed by atoms with Crippen LogP contribution in [0.5, 0.6) is 0 Å². The molecule has 0 amide bonds. The molecule has 1 aromatic carbocycles. The Hall–Kier alpha value is -0.430. The quantitative estimate of drug-likeness (QED) is 0.665. The first-order chi connectivity index (χ1) is 6.69. The van der Waals surface area contributed by atoms with E-state index in [2.05, 4.69) is 45.2 Å². The smallest absolute Gasteiger partial charge is 0.0101 e. The Bertz CT molecular complexity index is 291. The van der Waals surface area contributed by atoms with Gasteiger partial charge in [0.15, 0.2) is 0 Å². The van der Waals surface area contributed by atoms with Crippen molar-refractivity contribution in [3.05, 3.63) is 29.3 Å². The summed E-state index contributed by atoms with van der Waals surface area (Å²) in [6.07, 6.45) is 4.63. The average molecular weight is 208 g/mol. The van der Waals surface area contributed by atoms with Crippen LogP contribution in [0.2, 0.25) is 0 Å². The monoisotopic (exact) mass is 208 g/mol. The Morgan fingerprint density at radius 3 is 2.64 bits per heavy atom. The van der Waals surface area contributed by atoms with Crippen molar-refractivity contribution in [1.82, 2.24) is 0 Å². The second kappa shape index (κ2) is 5.45. The van der Waals surface area contributed by atoms with E-state index >= 15 is 0 Å². The van der Waals surface area contributed by atoms with Crippen LogP contribution in [0.1, 0.15) is 31.4 Å². The normalized spacial score (nSPS) is 12.9. The molecule has 0 aromatic heterocycles. The van der Waals surface area contributed by atoms with E-state index in [4.69, 9.17) is 0 Å². The van der Waals surface area contributed by atoms with Gasteiger partial charge in [0.1, 0.15) is 0 Å². The summed E-state index contributed by atoms with van der Waals surface area (Å²) in [6, 6.07) is 6.65. The topological polar surface area (TPSA) is 0 Å².